The Morgan fingerprint density at radius 2 is 1.90 bits per heavy atom. The summed E-state index contributed by atoms with van der Waals surface area (Å²) < 4.78 is 5.23. The summed E-state index contributed by atoms with van der Waals surface area (Å²) in [5.74, 6) is 0.0800. The third kappa shape index (κ3) is 2.38. The molecular weight excluding hydrogens is 290 g/mol. The largest absolute Gasteiger partial charge is 0.433 e. The Hall–Kier alpha value is -2.33. The van der Waals surface area contributed by atoms with Gasteiger partial charge < -0.3 is 4.42 Å². The van der Waals surface area contributed by atoms with Gasteiger partial charge in [0.2, 0.25) is 0 Å². The third-order valence-electron chi connectivity index (χ3n) is 3.48. The van der Waals surface area contributed by atoms with E-state index in [4.69, 9.17) is 16.0 Å². The van der Waals surface area contributed by atoms with Crippen molar-refractivity contribution >= 4 is 28.3 Å². The van der Waals surface area contributed by atoms with Gasteiger partial charge in [-0.25, -0.2) is 0 Å². The lowest BCUT2D eigenvalue weighted by Gasteiger charge is -2.14. The molecule has 0 aliphatic rings. The van der Waals surface area contributed by atoms with Crippen molar-refractivity contribution in [2.24, 2.45) is 0 Å². The molecule has 0 radical (unpaired) electrons. The predicted octanol–water partition coefficient (Wildman–Crippen LogP) is 4.98. The van der Waals surface area contributed by atoms with E-state index in [1.54, 1.807) is 6.07 Å². The Morgan fingerprint density at radius 3 is 2.62 bits per heavy atom. The van der Waals surface area contributed by atoms with Crippen LogP contribution in [0.3, 0.4) is 0 Å². The van der Waals surface area contributed by atoms with E-state index in [0.717, 1.165) is 21.9 Å². The molecule has 3 rings (SSSR count). The van der Waals surface area contributed by atoms with Crippen molar-refractivity contribution in [3.8, 4) is 0 Å². The fraction of sp³-hybridized carbons (Fsp3) is 0.125. The van der Waals surface area contributed by atoms with Gasteiger partial charge in [-0.3, -0.25) is 10.1 Å². The molecule has 0 spiro atoms. The van der Waals surface area contributed by atoms with Gasteiger partial charge in [-0.05, 0) is 34.9 Å². The highest BCUT2D eigenvalue weighted by atomic mass is 35.5. The fourth-order valence-electron chi connectivity index (χ4n) is 2.46. The Balaban J connectivity index is 2.14. The first-order chi connectivity index (χ1) is 10.1. The molecule has 0 aliphatic heterocycles. The highest BCUT2D eigenvalue weighted by Gasteiger charge is 2.22. The molecule has 4 nitrogen and oxygen atoms in total. The van der Waals surface area contributed by atoms with Crippen LogP contribution in [0.4, 0.5) is 5.88 Å². The van der Waals surface area contributed by atoms with Crippen LogP contribution in [-0.2, 0) is 0 Å². The molecule has 0 fully saturated rings. The molecule has 1 aromatic heterocycles. The van der Waals surface area contributed by atoms with E-state index in [-0.39, 0.29) is 5.88 Å². The van der Waals surface area contributed by atoms with Crippen LogP contribution in [-0.4, -0.2) is 4.92 Å². The molecule has 21 heavy (non-hydrogen) atoms. The van der Waals surface area contributed by atoms with Crippen LogP contribution in [0.15, 0.2) is 52.9 Å². The molecule has 0 bridgehead atoms. The molecule has 3 aromatic rings. The molecule has 106 valence electrons. The molecule has 1 atom stereocenters. The minimum Gasteiger partial charge on any atom is -0.404 e. The zero-order valence-electron chi connectivity index (χ0n) is 11.2. The summed E-state index contributed by atoms with van der Waals surface area (Å²) in [6.45, 7) is 1.97. The number of hydrogen-bond acceptors (Lipinski definition) is 3. The van der Waals surface area contributed by atoms with E-state index in [0.29, 0.717) is 5.76 Å². The van der Waals surface area contributed by atoms with Gasteiger partial charge in [0.15, 0.2) is 0 Å². The van der Waals surface area contributed by atoms with Crippen LogP contribution in [0.25, 0.3) is 10.8 Å². The second-order valence-electron chi connectivity index (χ2n) is 4.81. The van der Waals surface area contributed by atoms with E-state index in [1.165, 1.54) is 6.07 Å². The van der Waals surface area contributed by atoms with Crippen molar-refractivity contribution in [1.29, 1.82) is 0 Å². The number of rotatable bonds is 3. The fourth-order valence-corrected chi connectivity index (χ4v) is 2.87. The maximum atomic E-state index is 10.7. The van der Waals surface area contributed by atoms with E-state index in [9.17, 15) is 10.1 Å². The van der Waals surface area contributed by atoms with Crippen LogP contribution in [0.2, 0.25) is 0 Å². The minimum atomic E-state index is -0.566. The number of nitrogens with zero attached hydrogens (tertiary/aromatic N) is 1. The number of halogens is 1. The number of nitro groups is 1. The average molecular weight is 302 g/mol. The number of hydrogen-bond donors (Lipinski definition) is 0. The first-order valence-electron chi connectivity index (χ1n) is 6.44. The van der Waals surface area contributed by atoms with Crippen molar-refractivity contribution in [1.82, 2.24) is 0 Å². The summed E-state index contributed by atoms with van der Waals surface area (Å²) in [6.07, 6.45) is 0. The van der Waals surface area contributed by atoms with Crippen LogP contribution in [0.5, 0.6) is 0 Å². The molecule has 0 N–H and O–H groups in total. The van der Waals surface area contributed by atoms with Crippen molar-refractivity contribution < 1.29 is 9.34 Å². The molecular formula is C16H12ClNO3. The molecule has 1 heterocycles. The minimum absolute atomic E-state index is 0.298. The number of benzene rings is 2. The molecule has 1 unspecified atom stereocenters. The number of alkyl halides is 1. The SMILES string of the molecule is Cc1ccc2ccccc2c1C(Cl)c1ccc([N+](=O)[O-])o1. The maximum absolute atomic E-state index is 10.7. The Kier molecular flexibility index (Phi) is 3.39. The van der Waals surface area contributed by atoms with Gasteiger partial charge in [0.05, 0.1) is 6.07 Å². The van der Waals surface area contributed by atoms with Crippen LogP contribution in [0.1, 0.15) is 22.3 Å². The molecule has 5 heteroatoms. The first kappa shape index (κ1) is 13.6. The van der Waals surface area contributed by atoms with Gasteiger partial charge >= 0.3 is 5.88 Å². The van der Waals surface area contributed by atoms with Crippen molar-refractivity contribution in [2.75, 3.05) is 0 Å². The normalized spacial score (nSPS) is 12.5. The number of aryl methyl sites for hydroxylation is 1. The second-order valence-corrected chi connectivity index (χ2v) is 5.25. The van der Waals surface area contributed by atoms with Crippen molar-refractivity contribution in [2.45, 2.75) is 12.3 Å². The topological polar surface area (TPSA) is 56.3 Å². The predicted molar refractivity (Wildman–Crippen MR) is 81.7 cm³/mol. The molecule has 2 aromatic carbocycles. The monoisotopic (exact) mass is 301 g/mol. The zero-order valence-corrected chi connectivity index (χ0v) is 12.0. The molecule has 0 saturated heterocycles. The standard InChI is InChI=1S/C16H12ClNO3/c1-10-6-7-11-4-2-3-5-12(11)15(10)16(17)13-8-9-14(21-13)18(19)20/h2-9,16H,1H3. The van der Waals surface area contributed by atoms with Gasteiger partial charge in [0, 0.05) is 0 Å². The summed E-state index contributed by atoms with van der Waals surface area (Å²) in [5, 5.41) is 12.3. The molecule has 0 saturated carbocycles. The lowest BCUT2D eigenvalue weighted by Crippen LogP contribution is -1.96. The molecule has 0 amide bonds. The van der Waals surface area contributed by atoms with Gasteiger partial charge in [0.25, 0.3) is 0 Å². The van der Waals surface area contributed by atoms with Gasteiger partial charge in [0.1, 0.15) is 16.1 Å². The summed E-state index contributed by atoms with van der Waals surface area (Å²) in [4.78, 5) is 10.2. The lowest BCUT2D eigenvalue weighted by atomic mass is 9.96. The van der Waals surface area contributed by atoms with Crippen LogP contribution >= 0.6 is 11.6 Å². The van der Waals surface area contributed by atoms with Crippen LogP contribution in [0, 0.1) is 17.0 Å². The summed E-state index contributed by atoms with van der Waals surface area (Å²) in [6, 6.07) is 14.8. The van der Waals surface area contributed by atoms with Crippen molar-refractivity contribution in [3.05, 3.63) is 75.5 Å². The quantitative estimate of drug-likeness (QED) is 0.389. The third-order valence-corrected chi connectivity index (χ3v) is 3.92. The van der Waals surface area contributed by atoms with Gasteiger partial charge in [-0.2, -0.15) is 0 Å². The maximum Gasteiger partial charge on any atom is 0.433 e. The Morgan fingerprint density at radius 1 is 1.14 bits per heavy atom. The molecule has 0 aliphatic carbocycles. The lowest BCUT2D eigenvalue weighted by molar-refractivity contribution is -0.402. The smallest absolute Gasteiger partial charge is 0.404 e. The summed E-state index contributed by atoms with van der Waals surface area (Å²) in [7, 11) is 0. The van der Waals surface area contributed by atoms with E-state index >= 15 is 0 Å². The van der Waals surface area contributed by atoms with E-state index < -0.39 is 10.3 Å². The highest BCUT2D eigenvalue weighted by Crippen LogP contribution is 2.37. The summed E-state index contributed by atoms with van der Waals surface area (Å²) in [5.41, 5.74) is 1.94. The number of furan rings is 1. The van der Waals surface area contributed by atoms with Gasteiger partial charge in [-0.1, -0.05) is 36.4 Å². The Labute approximate surface area is 126 Å². The Bertz CT molecular complexity index is 825. The first-order valence-corrected chi connectivity index (χ1v) is 6.88. The van der Waals surface area contributed by atoms with Crippen molar-refractivity contribution in [3.63, 3.8) is 0 Å². The highest BCUT2D eigenvalue weighted by molar-refractivity contribution is 6.23. The average Bonchev–Trinajstić information content (AvgIpc) is 2.96. The number of fused-ring (bicyclic) bond motifs is 1. The second kappa shape index (κ2) is 5.22. The van der Waals surface area contributed by atoms with E-state index in [1.807, 2.05) is 43.3 Å². The summed E-state index contributed by atoms with van der Waals surface area (Å²) >= 11 is 6.52. The van der Waals surface area contributed by atoms with Crippen LogP contribution < -0.4 is 0 Å². The zero-order chi connectivity index (χ0) is 15.0. The van der Waals surface area contributed by atoms with Gasteiger partial charge in [-0.15, -0.1) is 11.6 Å². The van der Waals surface area contributed by atoms with E-state index in [2.05, 4.69) is 0 Å².